The summed E-state index contributed by atoms with van der Waals surface area (Å²) in [6.07, 6.45) is 3.51. The molecule has 1 aromatic carbocycles. The number of halogens is 2. The van der Waals surface area contributed by atoms with E-state index < -0.39 is 29.3 Å². The normalized spacial score (nSPS) is 15.8. The van der Waals surface area contributed by atoms with Crippen molar-refractivity contribution in [2.75, 3.05) is 6.54 Å². The first-order valence-corrected chi connectivity index (χ1v) is 8.03. The third-order valence-corrected chi connectivity index (χ3v) is 4.31. The van der Waals surface area contributed by atoms with Gasteiger partial charge in [-0.1, -0.05) is 30.5 Å². The fourth-order valence-electron chi connectivity index (χ4n) is 2.68. The first-order chi connectivity index (χ1) is 11.4. The molecule has 0 aliphatic heterocycles. The third kappa shape index (κ3) is 4.44. The van der Waals surface area contributed by atoms with Gasteiger partial charge in [-0.25, -0.2) is 9.18 Å². The standard InChI is InChI=1S/C16H18ClFN2O4/c17-10-6-3-7-11(18)13(10)15(22)20-12(16(23)24)8-19-14(21)9-4-1-2-5-9/h3,6-7,9,12H,1-2,4-5,8H2,(H,19,21)(H,20,22)(H,23,24)/t12-/m0/s1. The van der Waals surface area contributed by atoms with Gasteiger partial charge in [0, 0.05) is 12.5 Å². The van der Waals surface area contributed by atoms with Crippen molar-refractivity contribution in [3.8, 4) is 0 Å². The summed E-state index contributed by atoms with van der Waals surface area (Å²) < 4.78 is 13.7. The molecule has 0 saturated heterocycles. The molecule has 0 unspecified atom stereocenters. The van der Waals surface area contributed by atoms with Crippen LogP contribution in [0.15, 0.2) is 18.2 Å². The number of benzene rings is 1. The van der Waals surface area contributed by atoms with Crippen LogP contribution < -0.4 is 10.6 Å². The van der Waals surface area contributed by atoms with Gasteiger partial charge in [0.05, 0.1) is 10.6 Å². The second-order valence-corrected chi connectivity index (χ2v) is 6.09. The van der Waals surface area contributed by atoms with Crippen LogP contribution in [0, 0.1) is 11.7 Å². The molecule has 1 aromatic rings. The predicted octanol–water partition coefficient (Wildman–Crippen LogP) is 1.97. The summed E-state index contributed by atoms with van der Waals surface area (Å²) in [6.45, 7) is -0.275. The molecule has 6 nitrogen and oxygen atoms in total. The topological polar surface area (TPSA) is 95.5 Å². The van der Waals surface area contributed by atoms with E-state index in [0.717, 1.165) is 31.7 Å². The van der Waals surface area contributed by atoms with Crippen molar-refractivity contribution in [1.29, 1.82) is 0 Å². The van der Waals surface area contributed by atoms with Crippen LogP contribution in [-0.2, 0) is 9.59 Å². The highest BCUT2D eigenvalue weighted by Gasteiger charge is 2.27. The monoisotopic (exact) mass is 356 g/mol. The van der Waals surface area contributed by atoms with Gasteiger partial charge in [-0.15, -0.1) is 0 Å². The molecule has 1 atom stereocenters. The minimum Gasteiger partial charge on any atom is -0.480 e. The number of rotatable bonds is 6. The fourth-order valence-corrected chi connectivity index (χ4v) is 2.93. The average Bonchev–Trinajstić information content (AvgIpc) is 3.05. The van der Waals surface area contributed by atoms with Crippen molar-refractivity contribution in [3.63, 3.8) is 0 Å². The third-order valence-electron chi connectivity index (χ3n) is 4.00. The summed E-state index contributed by atoms with van der Waals surface area (Å²) in [5.74, 6) is -3.46. The van der Waals surface area contributed by atoms with Crippen LogP contribution in [0.3, 0.4) is 0 Å². The Morgan fingerprint density at radius 2 is 1.96 bits per heavy atom. The van der Waals surface area contributed by atoms with Gasteiger partial charge < -0.3 is 15.7 Å². The van der Waals surface area contributed by atoms with E-state index in [9.17, 15) is 23.9 Å². The number of carbonyl (C=O) groups is 3. The lowest BCUT2D eigenvalue weighted by molar-refractivity contribution is -0.139. The lowest BCUT2D eigenvalue weighted by atomic mass is 10.1. The van der Waals surface area contributed by atoms with Crippen molar-refractivity contribution >= 4 is 29.4 Å². The summed E-state index contributed by atoms with van der Waals surface area (Å²) in [5, 5.41) is 13.8. The summed E-state index contributed by atoms with van der Waals surface area (Å²) in [4.78, 5) is 35.3. The highest BCUT2D eigenvalue weighted by molar-refractivity contribution is 6.33. The van der Waals surface area contributed by atoms with Crippen LogP contribution in [0.5, 0.6) is 0 Å². The summed E-state index contributed by atoms with van der Waals surface area (Å²) in [6, 6.07) is 2.35. The molecule has 1 aliphatic carbocycles. The van der Waals surface area contributed by atoms with Crippen molar-refractivity contribution in [2.24, 2.45) is 5.92 Å². The largest absolute Gasteiger partial charge is 0.480 e. The first kappa shape index (κ1) is 18.2. The second-order valence-electron chi connectivity index (χ2n) is 5.69. The van der Waals surface area contributed by atoms with Gasteiger partial charge >= 0.3 is 5.97 Å². The molecule has 0 radical (unpaired) electrons. The Hall–Kier alpha value is -2.15. The van der Waals surface area contributed by atoms with E-state index in [2.05, 4.69) is 10.6 Å². The van der Waals surface area contributed by atoms with Gasteiger partial charge in [0.15, 0.2) is 0 Å². The number of hydrogen-bond donors (Lipinski definition) is 3. The zero-order chi connectivity index (χ0) is 17.7. The predicted molar refractivity (Wildman–Crippen MR) is 85.3 cm³/mol. The highest BCUT2D eigenvalue weighted by Crippen LogP contribution is 2.24. The Morgan fingerprint density at radius 1 is 1.29 bits per heavy atom. The summed E-state index contributed by atoms with van der Waals surface area (Å²) >= 11 is 5.78. The van der Waals surface area contributed by atoms with Crippen LogP contribution in [0.4, 0.5) is 4.39 Å². The van der Waals surface area contributed by atoms with Gasteiger partial charge in [0.2, 0.25) is 5.91 Å². The van der Waals surface area contributed by atoms with E-state index >= 15 is 0 Å². The fraction of sp³-hybridized carbons (Fsp3) is 0.438. The quantitative estimate of drug-likeness (QED) is 0.726. The Bertz CT molecular complexity index is 627. The summed E-state index contributed by atoms with van der Waals surface area (Å²) in [5.41, 5.74) is -0.424. The number of carbonyl (C=O) groups excluding carboxylic acids is 2. The zero-order valence-electron chi connectivity index (χ0n) is 12.9. The molecular weight excluding hydrogens is 339 g/mol. The van der Waals surface area contributed by atoms with E-state index in [1.807, 2.05) is 0 Å². The molecule has 8 heteroatoms. The van der Waals surface area contributed by atoms with Gasteiger partial charge in [-0.2, -0.15) is 0 Å². The molecule has 0 heterocycles. The zero-order valence-corrected chi connectivity index (χ0v) is 13.6. The van der Waals surface area contributed by atoms with Crippen LogP contribution in [0.1, 0.15) is 36.0 Å². The van der Waals surface area contributed by atoms with Crippen molar-refractivity contribution in [3.05, 3.63) is 34.6 Å². The Morgan fingerprint density at radius 3 is 2.54 bits per heavy atom. The van der Waals surface area contributed by atoms with Crippen LogP contribution in [0.2, 0.25) is 5.02 Å². The van der Waals surface area contributed by atoms with Gasteiger partial charge in [0.1, 0.15) is 11.9 Å². The maximum atomic E-state index is 13.7. The molecule has 1 fully saturated rings. The number of amides is 2. The van der Waals surface area contributed by atoms with Crippen molar-refractivity contribution in [2.45, 2.75) is 31.7 Å². The van der Waals surface area contributed by atoms with E-state index in [1.54, 1.807) is 0 Å². The highest BCUT2D eigenvalue weighted by atomic mass is 35.5. The number of nitrogens with one attached hydrogen (secondary N) is 2. The van der Waals surface area contributed by atoms with E-state index in [1.165, 1.54) is 12.1 Å². The lowest BCUT2D eigenvalue weighted by Gasteiger charge is -2.17. The van der Waals surface area contributed by atoms with Crippen LogP contribution in [0.25, 0.3) is 0 Å². The Labute approximate surface area is 143 Å². The van der Waals surface area contributed by atoms with E-state index in [-0.39, 0.29) is 23.4 Å². The Kier molecular flexibility index (Phi) is 6.14. The first-order valence-electron chi connectivity index (χ1n) is 7.65. The lowest BCUT2D eigenvalue weighted by Crippen LogP contribution is -2.49. The number of carboxylic acids is 1. The molecule has 0 aromatic heterocycles. The van der Waals surface area contributed by atoms with Crippen LogP contribution >= 0.6 is 11.6 Å². The van der Waals surface area contributed by atoms with Crippen molar-refractivity contribution < 1.29 is 23.9 Å². The molecule has 0 spiro atoms. The molecular formula is C16H18ClFN2O4. The molecule has 130 valence electrons. The van der Waals surface area contributed by atoms with Crippen LogP contribution in [-0.4, -0.2) is 35.5 Å². The van der Waals surface area contributed by atoms with E-state index in [0.29, 0.717) is 0 Å². The molecule has 1 saturated carbocycles. The SMILES string of the molecule is O=C(N[C@@H](CNC(=O)C1CCCC1)C(=O)O)c1c(F)cccc1Cl. The molecule has 24 heavy (non-hydrogen) atoms. The second kappa shape index (κ2) is 8.10. The molecule has 2 rings (SSSR count). The molecule has 2 amide bonds. The van der Waals surface area contributed by atoms with E-state index in [4.69, 9.17) is 11.6 Å². The van der Waals surface area contributed by atoms with Gasteiger partial charge in [0.25, 0.3) is 5.91 Å². The number of hydrogen-bond acceptors (Lipinski definition) is 3. The van der Waals surface area contributed by atoms with Gasteiger partial charge in [-0.05, 0) is 25.0 Å². The van der Waals surface area contributed by atoms with Gasteiger partial charge in [-0.3, -0.25) is 9.59 Å². The summed E-state index contributed by atoms with van der Waals surface area (Å²) in [7, 11) is 0. The minimum atomic E-state index is -1.38. The molecule has 1 aliphatic rings. The molecule has 3 N–H and O–H groups in total. The minimum absolute atomic E-state index is 0.115. The maximum absolute atomic E-state index is 13.7. The average molecular weight is 357 g/mol. The van der Waals surface area contributed by atoms with Crippen molar-refractivity contribution in [1.82, 2.24) is 10.6 Å². The maximum Gasteiger partial charge on any atom is 0.328 e. The Balaban J connectivity index is 1.99. The number of carboxylic acid groups (broad SMARTS) is 1. The molecule has 0 bridgehead atoms. The number of aliphatic carboxylic acids is 1. The smallest absolute Gasteiger partial charge is 0.328 e.